The van der Waals surface area contributed by atoms with Crippen molar-refractivity contribution in [3.8, 4) is 11.1 Å². The van der Waals surface area contributed by atoms with Gasteiger partial charge >= 0.3 is 6.18 Å². The Labute approximate surface area is 351 Å². The van der Waals surface area contributed by atoms with Crippen LogP contribution in [-0.2, 0) is 22.7 Å². The maximum absolute atomic E-state index is 14.6. The molecule has 1 fully saturated rings. The average Bonchev–Trinajstić information content (AvgIpc) is 3.22. The normalized spacial score (nSPS) is 14.5. The number of rotatable bonds is 15. The van der Waals surface area contributed by atoms with Crippen LogP contribution in [-0.4, -0.2) is 91.8 Å². The van der Waals surface area contributed by atoms with E-state index >= 15 is 0 Å². The number of nitrogens with zero attached hydrogens (tertiary/aromatic N) is 6. The molecule has 1 aliphatic rings. The zero-order chi connectivity index (χ0) is 41.6. The molecule has 0 saturated carbocycles. The van der Waals surface area contributed by atoms with Gasteiger partial charge in [-0.1, -0.05) is 66.2 Å². The molecule has 59 heavy (non-hydrogen) atoms. The van der Waals surface area contributed by atoms with Gasteiger partial charge in [-0.25, -0.2) is 23.4 Å². The smallest absolute Gasteiger partial charge is 0.381 e. The number of alkyl halides is 3. The number of halogens is 4. The summed E-state index contributed by atoms with van der Waals surface area (Å²) in [5.74, 6) is 1.09. The first-order valence-corrected chi connectivity index (χ1v) is 21.9. The van der Waals surface area contributed by atoms with Crippen molar-refractivity contribution < 1.29 is 21.6 Å². The fraction of sp³-hybridized carbons (Fsp3) is 0.279. The summed E-state index contributed by atoms with van der Waals surface area (Å²) >= 11 is 7.66. The number of fused-ring (bicyclic) bond motifs is 1. The second-order valence-electron chi connectivity index (χ2n) is 14.6. The monoisotopic (exact) mass is 860 g/mol. The first-order chi connectivity index (χ1) is 28.3. The molecule has 0 radical (unpaired) electrons. The number of nitrogens with one attached hydrogen (secondary N) is 2. The van der Waals surface area contributed by atoms with Gasteiger partial charge in [0.05, 0.1) is 21.4 Å². The van der Waals surface area contributed by atoms with Gasteiger partial charge in [0.2, 0.25) is 0 Å². The van der Waals surface area contributed by atoms with Gasteiger partial charge in [0.15, 0.2) is 5.82 Å². The van der Waals surface area contributed by atoms with E-state index in [1.165, 1.54) is 42.0 Å². The van der Waals surface area contributed by atoms with Gasteiger partial charge < -0.3 is 15.1 Å². The second-order valence-corrected chi connectivity index (χ2v) is 17.8. The van der Waals surface area contributed by atoms with E-state index in [1.54, 1.807) is 6.07 Å². The molecule has 1 atom stereocenters. The van der Waals surface area contributed by atoms with E-state index < -0.39 is 26.7 Å². The summed E-state index contributed by atoms with van der Waals surface area (Å²) in [6, 6.07) is 30.3. The Kier molecular flexibility index (Phi) is 13.3. The molecule has 10 nitrogen and oxygen atoms in total. The highest BCUT2D eigenvalue weighted by molar-refractivity contribution is 7.99. The molecule has 308 valence electrons. The minimum atomic E-state index is -4.83. The Hall–Kier alpha value is -4.93. The lowest BCUT2D eigenvalue weighted by molar-refractivity contribution is -0.137. The molecule has 0 spiro atoms. The number of sulfonamides is 1. The Morgan fingerprint density at radius 1 is 0.881 bits per heavy atom. The van der Waals surface area contributed by atoms with E-state index in [2.05, 4.69) is 46.9 Å². The summed E-state index contributed by atoms with van der Waals surface area (Å²) in [4.78, 5) is 20.1. The van der Waals surface area contributed by atoms with Crippen LogP contribution in [0.5, 0.6) is 0 Å². The summed E-state index contributed by atoms with van der Waals surface area (Å²) in [7, 11) is -0.710. The van der Waals surface area contributed by atoms with Crippen molar-refractivity contribution in [2.45, 2.75) is 35.0 Å². The molecular formula is C43H44ClF3N8O2S2. The minimum Gasteiger partial charge on any atom is -0.381 e. The molecule has 1 saturated heterocycles. The summed E-state index contributed by atoms with van der Waals surface area (Å²) in [6.45, 7) is 4.43. The predicted octanol–water partition coefficient (Wildman–Crippen LogP) is 9.01. The number of aromatic nitrogens is 3. The number of hydrogen-bond donors (Lipinski definition) is 2. The SMILES string of the molecule is CN(C)CC[C@H](CSc1ccccc1)Nc1ccc(S(=O)(=O)Nc2ncnc3cc(N4CCN(Cc5ccccc5-c5ccc(Cl)cc5)CC4)ncc23)cc1C(F)(F)F. The fourth-order valence-corrected chi connectivity index (χ4v) is 9.10. The third kappa shape index (κ3) is 10.8. The molecule has 0 aliphatic carbocycles. The van der Waals surface area contributed by atoms with E-state index in [4.69, 9.17) is 11.6 Å². The first kappa shape index (κ1) is 42.2. The highest BCUT2D eigenvalue weighted by Gasteiger charge is 2.36. The minimum absolute atomic E-state index is 0.0873. The average molecular weight is 861 g/mol. The van der Waals surface area contributed by atoms with Gasteiger partial charge in [-0.15, -0.1) is 11.8 Å². The number of thioether (sulfide) groups is 1. The zero-order valence-corrected chi connectivity index (χ0v) is 34.9. The van der Waals surface area contributed by atoms with Crippen LogP contribution in [0.1, 0.15) is 17.5 Å². The van der Waals surface area contributed by atoms with Crippen LogP contribution < -0.4 is 14.9 Å². The second kappa shape index (κ2) is 18.6. The van der Waals surface area contributed by atoms with Gasteiger partial charge in [-0.2, -0.15) is 13.2 Å². The number of piperazine rings is 1. The van der Waals surface area contributed by atoms with Crippen LogP contribution in [0, 0.1) is 0 Å². The van der Waals surface area contributed by atoms with Gasteiger partial charge in [-0.05, 0) is 86.2 Å². The van der Waals surface area contributed by atoms with E-state index in [9.17, 15) is 21.6 Å². The number of benzene rings is 4. The van der Waals surface area contributed by atoms with E-state index in [1.807, 2.05) is 85.7 Å². The third-order valence-corrected chi connectivity index (χ3v) is 12.8. The standard InChI is InChI=1S/C43H44ClF3N8O2S2/c1-53(2)19-18-33(28-58-34-9-4-3-5-10-34)51-39-17-16-35(24-38(39)43(45,46)47)59(56,57)52-42-37-26-48-41(25-40(37)49-29-50-42)55-22-20-54(21-23-55)27-31-8-6-7-11-36(31)30-12-14-32(44)15-13-30/h3-17,24-26,29,33,51H,18-23,27-28H2,1-2H3,(H,49,50,52)/t33-/m1/s1. The van der Waals surface area contributed by atoms with Crippen molar-refractivity contribution in [1.29, 1.82) is 0 Å². The molecule has 0 unspecified atom stereocenters. The summed E-state index contributed by atoms with van der Waals surface area (Å²) in [5.41, 5.74) is 2.66. The van der Waals surface area contributed by atoms with Crippen LogP contribution in [0.4, 0.5) is 30.5 Å². The summed E-state index contributed by atoms with van der Waals surface area (Å²) < 4.78 is 73.4. The third-order valence-electron chi connectivity index (χ3n) is 10.1. The van der Waals surface area contributed by atoms with E-state index in [-0.39, 0.29) is 17.5 Å². The van der Waals surface area contributed by atoms with Crippen LogP contribution in [0.15, 0.2) is 125 Å². The molecular weight excluding hydrogens is 817 g/mol. The first-order valence-electron chi connectivity index (χ1n) is 19.1. The largest absolute Gasteiger partial charge is 0.418 e. The number of anilines is 3. The maximum atomic E-state index is 14.6. The van der Waals surface area contributed by atoms with Crippen LogP contribution >= 0.6 is 23.4 Å². The predicted molar refractivity (Wildman–Crippen MR) is 232 cm³/mol. The van der Waals surface area contributed by atoms with Gasteiger partial charge in [0.1, 0.15) is 12.1 Å². The zero-order valence-electron chi connectivity index (χ0n) is 32.5. The number of hydrogen-bond acceptors (Lipinski definition) is 10. The molecule has 6 aromatic rings. The quantitative estimate of drug-likeness (QED) is 0.0973. The Balaban J connectivity index is 1.04. The van der Waals surface area contributed by atoms with Crippen LogP contribution in [0.2, 0.25) is 5.02 Å². The Morgan fingerprint density at radius 2 is 1.61 bits per heavy atom. The molecule has 0 bridgehead atoms. The van der Waals surface area contributed by atoms with Crippen LogP contribution in [0.3, 0.4) is 0 Å². The molecule has 2 aromatic heterocycles. The summed E-state index contributed by atoms with van der Waals surface area (Å²) in [5, 5.41) is 4.07. The van der Waals surface area contributed by atoms with E-state index in [0.717, 1.165) is 35.7 Å². The topological polar surface area (TPSA) is 107 Å². The lowest BCUT2D eigenvalue weighted by Gasteiger charge is -2.35. The summed E-state index contributed by atoms with van der Waals surface area (Å²) in [6.07, 6.45) is -1.55. The molecule has 4 aromatic carbocycles. The highest BCUT2D eigenvalue weighted by atomic mass is 35.5. The number of pyridine rings is 1. The van der Waals surface area contributed by atoms with Gasteiger partial charge in [-0.3, -0.25) is 9.62 Å². The fourth-order valence-electron chi connectivity index (χ4n) is 6.92. The maximum Gasteiger partial charge on any atom is 0.418 e. The van der Waals surface area contributed by atoms with Gasteiger partial charge in [0, 0.05) is 72.4 Å². The van der Waals surface area contributed by atoms with Crippen molar-refractivity contribution in [3.63, 3.8) is 0 Å². The molecule has 1 aliphatic heterocycles. The van der Waals surface area contributed by atoms with Crippen molar-refractivity contribution in [2.24, 2.45) is 0 Å². The molecule has 7 rings (SSSR count). The lowest BCUT2D eigenvalue weighted by atomic mass is 9.99. The van der Waals surface area contributed by atoms with Crippen molar-refractivity contribution >= 4 is 61.6 Å². The van der Waals surface area contributed by atoms with E-state index in [0.29, 0.717) is 59.6 Å². The highest BCUT2D eigenvalue weighted by Crippen LogP contribution is 2.38. The molecule has 3 heterocycles. The Morgan fingerprint density at radius 3 is 2.34 bits per heavy atom. The molecule has 0 amide bonds. The van der Waals surface area contributed by atoms with Crippen molar-refractivity contribution in [1.82, 2.24) is 24.8 Å². The van der Waals surface area contributed by atoms with Crippen molar-refractivity contribution in [2.75, 3.05) is 67.5 Å². The van der Waals surface area contributed by atoms with Gasteiger partial charge in [0.25, 0.3) is 10.0 Å². The van der Waals surface area contributed by atoms with Crippen LogP contribution in [0.25, 0.3) is 22.0 Å². The molecule has 16 heteroatoms. The molecule has 2 N–H and O–H groups in total. The van der Waals surface area contributed by atoms with Crippen molar-refractivity contribution in [3.05, 3.63) is 132 Å². The lowest BCUT2D eigenvalue weighted by Crippen LogP contribution is -2.46. The Bertz CT molecular complexity index is 2470.